The highest BCUT2D eigenvalue weighted by Crippen LogP contribution is 2.27. The van der Waals surface area contributed by atoms with Gasteiger partial charge >= 0.3 is 5.97 Å². The standard InChI is InChI=1S/C15H13Cl2NO4/c1-9(19)10-6-13(18-8-10)15(20)22-5-4-21-14-3-2-11(16)7-12(14)17/h2-3,6-8,18H,4-5H2,1H3. The fourth-order valence-corrected chi connectivity index (χ4v) is 2.13. The second-order valence-electron chi connectivity index (χ2n) is 4.42. The van der Waals surface area contributed by atoms with Crippen LogP contribution in [0.1, 0.15) is 27.8 Å². The van der Waals surface area contributed by atoms with E-state index in [9.17, 15) is 9.59 Å². The molecule has 0 saturated heterocycles. The van der Waals surface area contributed by atoms with Crippen molar-refractivity contribution in [1.29, 1.82) is 0 Å². The summed E-state index contributed by atoms with van der Waals surface area (Å²) in [6.07, 6.45) is 1.46. The smallest absolute Gasteiger partial charge is 0.354 e. The molecular weight excluding hydrogens is 329 g/mol. The summed E-state index contributed by atoms with van der Waals surface area (Å²) in [6.45, 7) is 1.61. The van der Waals surface area contributed by atoms with Crippen LogP contribution in [0.4, 0.5) is 0 Å². The van der Waals surface area contributed by atoms with Gasteiger partial charge in [0.25, 0.3) is 0 Å². The molecule has 0 radical (unpaired) electrons. The van der Waals surface area contributed by atoms with Crippen molar-refractivity contribution in [2.45, 2.75) is 6.92 Å². The van der Waals surface area contributed by atoms with Gasteiger partial charge in [-0.15, -0.1) is 0 Å². The number of halogens is 2. The summed E-state index contributed by atoms with van der Waals surface area (Å²) in [4.78, 5) is 25.6. The van der Waals surface area contributed by atoms with Crippen LogP contribution < -0.4 is 4.74 Å². The zero-order chi connectivity index (χ0) is 16.1. The number of carbonyl (C=O) groups excluding carboxylic acids is 2. The Morgan fingerprint density at radius 1 is 1.18 bits per heavy atom. The van der Waals surface area contributed by atoms with Crippen molar-refractivity contribution in [2.24, 2.45) is 0 Å². The minimum Gasteiger partial charge on any atom is -0.488 e. The van der Waals surface area contributed by atoms with Gasteiger partial charge in [0.1, 0.15) is 24.7 Å². The van der Waals surface area contributed by atoms with Gasteiger partial charge in [0, 0.05) is 16.8 Å². The highest BCUT2D eigenvalue weighted by atomic mass is 35.5. The molecule has 22 heavy (non-hydrogen) atoms. The number of benzene rings is 1. The molecule has 0 aliphatic rings. The lowest BCUT2D eigenvalue weighted by Gasteiger charge is -2.08. The monoisotopic (exact) mass is 341 g/mol. The normalized spacial score (nSPS) is 10.3. The van der Waals surface area contributed by atoms with Crippen LogP contribution in [-0.4, -0.2) is 30.0 Å². The third kappa shape index (κ3) is 4.26. The molecule has 7 heteroatoms. The molecule has 5 nitrogen and oxygen atoms in total. The van der Waals surface area contributed by atoms with E-state index in [4.69, 9.17) is 32.7 Å². The number of H-pyrrole nitrogens is 1. The number of ketones is 1. The van der Waals surface area contributed by atoms with Crippen LogP contribution in [0.15, 0.2) is 30.5 Å². The van der Waals surface area contributed by atoms with E-state index < -0.39 is 5.97 Å². The zero-order valence-electron chi connectivity index (χ0n) is 11.7. The van der Waals surface area contributed by atoms with Crippen LogP contribution in [0.25, 0.3) is 0 Å². The number of esters is 1. The van der Waals surface area contributed by atoms with Crippen molar-refractivity contribution in [3.05, 3.63) is 51.8 Å². The maximum atomic E-state index is 11.7. The molecule has 2 rings (SSSR count). The third-order valence-corrected chi connectivity index (χ3v) is 3.31. The molecule has 1 aromatic heterocycles. The Morgan fingerprint density at radius 3 is 2.59 bits per heavy atom. The van der Waals surface area contributed by atoms with Crippen LogP contribution in [0, 0.1) is 0 Å². The lowest BCUT2D eigenvalue weighted by Crippen LogP contribution is -2.12. The Bertz CT molecular complexity index is 697. The Hall–Kier alpha value is -1.98. The Labute approximate surface area is 137 Å². The highest BCUT2D eigenvalue weighted by Gasteiger charge is 2.12. The van der Waals surface area contributed by atoms with Crippen molar-refractivity contribution < 1.29 is 19.1 Å². The van der Waals surface area contributed by atoms with E-state index in [2.05, 4.69) is 4.98 Å². The molecular formula is C15H13Cl2NO4. The van der Waals surface area contributed by atoms with E-state index in [0.29, 0.717) is 21.4 Å². The van der Waals surface area contributed by atoms with Crippen molar-refractivity contribution in [2.75, 3.05) is 13.2 Å². The first-order valence-corrected chi connectivity index (χ1v) is 7.17. The fraction of sp³-hybridized carbons (Fsp3) is 0.200. The zero-order valence-corrected chi connectivity index (χ0v) is 13.2. The van der Waals surface area contributed by atoms with Crippen LogP contribution >= 0.6 is 23.2 Å². The molecule has 0 atom stereocenters. The lowest BCUT2D eigenvalue weighted by atomic mass is 10.2. The molecule has 0 fully saturated rings. The van der Waals surface area contributed by atoms with E-state index in [1.54, 1.807) is 18.2 Å². The van der Waals surface area contributed by atoms with Crippen LogP contribution in [0.5, 0.6) is 5.75 Å². The summed E-state index contributed by atoms with van der Waals surface area (Å²) >= 11 is 11.7. The predicted octanol–water partition coefficient (Wildman–Crippen LogP) is 3.76. The minimum atomic E-state index is -0.557. The summed E-state index contributed by atoms with van der Waals surface area (Å²) in [6, 6.07) is 6.29. The van der Waals surface area contributed by atoms with Gasteiger partial charge in [-0.25, -0.2) is 4.79 Å². The van der Waals surface area contributed by atoms with Crippen molar-refractivity contribution in [3.63, 3.8) is 0 Å². The number of ether oxygens (including phenoxy) is 2. The molecule has 1 N–H and O–H groups in total. The number of hydrogen-bond donors (Lipinski definition) is 1. The molecule has 0 saturated carbocycles. The summed E-state index contributed by atoms with van der Waals surface area (Å²) < 4.78 is 10.4. The summed E-state index contributed by atoms with van der Waals surface area (Å²) in [5, 5.41) is 0.895. The van der Waals surface area contributed by atoms with Gasteiger partial charge in [0.05, 0.1) is 5.02 Å². The molecule has 0 spiro atoms. The van der Waals surface area contributed by atoms with E-state index >= 15 is 0 Å². The Morgan fingerprint density at radius 2 is 1.95 bits per heavy atom. The van der Waals surface area contributed by atoms with Gasteiger partial charge in [-0.2, -0.15) is 0 Å². The molecule has 1 aromatic carbocycles. The molecule has 2 aromatic rings. The largest absolute Gasteiger partial charge is 0.488 e. The third-order valence-electron chi connectivity index (χ3n) is 2.78. The number of aromatic amines is 1. The first kappa shape index (κ1) is 16.4. The summed E-state index contributed by atoms with van der Waals surface area (Å²) in [5.41, 5.74) is 0.644. The molecule has 0 aliphatic heterocycles. The van der Waals surface area contributed by atoms with Crippen molar-refractivity contribution in [1.82, 2.24) is 4.98 Å². The van der Waals surface area contributed by atoms with Gasteiger partial charge in [0.2, 0.25) is 0 Å². The molecule has 0 aliphatic carbocycles. The first-order valence-electron chi connectivity index (χ1n) is 6.41. The van der Waals surface area contributed by atoms with Gasteiger partial charge in [-0.05, 0) is 31.2 Å². The number of hydrogen-bond acceptors (Lipinski definition) is 4. The van der Waals surface area contributed by atoms with Crippen molar-refractivity contribution >= 4 is 35.0 Å². The predicted molar refractivity (Wildman–Crippen MR) is 83.0 cm³/mol. The average Bonchev–Trinajstić information content (AvgIpc) is 2.95. The molecule has 0 amide bonds. The van der Waals surface area contributed by atoms with E-state index in [0.717, 1.165) is 0 Å². The molecule has 1 heterocycles. The quantitative estimate of drug-likeness (QED) is 0.493. The Kier molecular flexibility index (Phi) is 5.46. The minimum absolute atomic E-state index is 0.0478. The number of carbonyl (C=O) groups is 2. The van der Waals surface area contributed by atoms with Crippen LogP contribution in [0.2, 0.25) is 10.0 Å². The lowest BCUT2D eigenvalue weighted by molar-refractivity contribution is 0.0444. The number of Topliss-reactive ketones (excluding diaryl/α,β-unsaturated/α-hetero) is 1. The highest BCUT2D eigenvalue weighted by molar-refractivity contribution is 6.35. The summed E-state index contributed by atoms with van der Waals surface area (Å²) in [7, 11) is 0. The average molecular weight is 342 g/mol. The topological polar surface area (TPSA) is 68.4 Å². The number of aromatic nitrogens is 1. The second kappa shape index (κ2) is 7.33. The first-order chi connectivity index (χ1) is 10.5. The SMILES string of the molecule is CC(=O)c1c[nH]c(C(=O)OCCOc2ccc(Cl)cc2Cl)c1. The van der Waals surface area contributed by atoms with Crippen molar-refractivity contribution in [3.8, 4) is 5.75 Å². The fourth-order valence-electron chi connectivity index (χ4n) is 1.67. The summed E-state index contributed by atoms with van der Waals surface area (Å²) in [5.74, 6) is -0.227. The molecule has 116 valence electrons. The van der Waals surface area contributed by atoms with Gasteiger partial charge in [-0.3, -0.25) is 4.79 Å². The van der Waals surface area contributed by atoms with Crippen LogP contribution in [-0.2, 0) is 4.74 Å². The maximum absolute atomic E-state index is 11.7. The van der Waals surface area contributed by atoms with E-state index in [1.165, 1.54) is 19.2 Å². The van der Waals surface area contributed by atoms with Gasteiger partial charge in [-0.1, -0.05) is 23.2 Å². The van der Waals surface area contributed by atoms with Crippen LogP contribution in [0.3, 0.4) is 0 Å². The molecule has 0 bridgehead atoms. The maximum Gasteiger partial charge on any atom is 0.354 e. The molecule has 0 unspecified atom stereocenters. The second-order valence-corrected chi connectivity index (χ2v) is 5.26. The Balaban J connectivity index is 1.80. The van der Waals surface area contributed by atoms with Gasteiger partial charge < -0.3 is 14.5 Å². The van der Waals surface area contributed by atoms with Gasteiger partial charge in [0.15, 0.2) is 5.78 Å². The number of rotatable bonds is 6. The van der Waals surface area contributed by atoms with E-state index in [1.807, 2.05) is 0 Å². The number of nitrogens with one attached hydrogen (secondary N) is 1. The van der Waals surface area contributed by atoms with E-state index in [-0.39, 0.29) is 24.7 Å².